The van der Waals surface area contributed by atoms with E-state index in [-0.39, 0.29) is 5.78 Å². The molecule has 0 saturated carbocycles. The second-order valence-corrected chi connectivity index (χ2v) is 9.32. The standard InChI is InChI=1S/C27H26N2O5/c1-27(2,3)25(31)22-23(20-9-5-6-10-21(20)34-4)29(26(32)24(22)30)19-13-11-17(12-14-19)18-8-7-15-28(33)16-18/h5-16,22-23H,1-4H3. The molecule has 0 spiro atoms. The molecule has 2 heterocycles. The van der Waals surface area contributed by atoms with E-state index in [9.17, 15) is 19.6 Å². The Hall–Kier alpha value is -4.00. The number of rotatable bonds is 5. The summed E-state index contributed by atoms with van der Waals surface area (Å²) in [6.45, 7) is 5.23. The number of aromatic nitrogens is 1. The highest BCUT2D eigenvalue weighted by Gasteiger charge is 2.54. The van der Waals surface area contributed by atoms with Crippen molar-refractivity contribution < 1.29 is 23.9 Å². The van der Waals surface area contributed by atoms with Crippen molar-refractivity contribution in [2.24, 2.45) is 11.3 Å². The molecular weight excluding hydrogens is 432 g/mol. The molecule has 1 fully saturated rings. The van der Waals surface area contributed by atoms with Crippen molar-refractivity contribution in [3.63, 3.8) is 0 Å². The van der Waals surface area contributed by atoms with Gasteiger partial charge in [0, 0.05) is 28.3 Å². The van der Waals surface area contributed by atoms with Crippen molar-refractivity contribution in [2.75, 3.05) is 12.0 Å². The van der Waals surface area contributed by atoms with Crippen molar-refractivity contribution in [3.05, 3.63) is 83.8 Å². The number of Topliss-reactive ketones (excluding diaryl/α,β-unsaturated/α-hetero) is 2. The van der Waals surface area contributed by atoms with Gasteiger partial charge in [-0.25, -0.2) is 0 Å². The number of ketones is 2. The average Bonchev–Trinajstić information content (AvgIpc) is 3.08. The number of ether oxygens (including phenoxy) is 1. The van der Waals surface area contributed by atoms with Crippen molar-refractivity contribution in [2.45, 2.75) is 26.8 Å². The van der Waals surface area contributed by atoms with Gasteiger partial charge in [0.25, 0.3) is 5.91 Å². The van der Waals surface area contributed by atoms with E-state index >= 15 is 0 Å². The first kappa shape index (κ1) is 23.2. The SMILES string of the molecule is COc1ccccc1C1C(C(=O)C(C)(C)C)C(=O)C(=O)N1c1ccc(-c2ccc[n+]([O-])c2)cc1. The fraction of sp³-hybridized carbons (Fsp3) is 0.259. The average molecular weight is 459 g/mol. The van der Waals surface area contributed by atoms with E-state index in [2.05, 4.69) is 0 Å². The molecule has 3 aromatic rings. The quantitative estimate of drug-likeness (QED) is 0.250. The molecule has 1 aromatic heterocycles. The molecule has 1 saturated heterocycles. The minimum atomic E-state index is -1.16. The fourth-order valence-electron chi connectivity index (χ4n) is 4.35. The van der Waals surface area contributed by atoms with Gasteiger partial charge in [-0.3, -0.25) is 19.3 Å². The number of carbonyl (C=O) groups excluding carboxylic acids is 3. The molecule has 2 unspecified atom stereocenters. The van der Waals surface area contributed by atoms with E-state index in [0.717, 1.165) is 11.1 Å². The molecule has 1 amide bonds. The predicted molar refractivity (Wildman–Crippen MR) is 127 cm³/mol. The molecule has 174 valence electrons. The number of anilines is 1. The van der Waals surface area contributed by atoms with Gasteiger partial charge in [-0.1, -0.05) is 51.1 Å². The summed E-state index contributed by atoms with van der Waals surface area (Å²) in [6.07, 6.45) is 2.85. The van der Waals surface area contributed by atoms with Gasteiger partial charge >= 0.3 is 0 Å². The van der Waals surface area contributed by atoms with Gasteiger partial charge in [0.05, 0.1) is 13.2 Å². The maximum absolute atomic E-state index is 13.4. The number of amides is 1. The van der Waals surface area contributed by atoms with Crippen LogP contribution in [0.3, 0.4) is 0 Å². The van der Waals surface area contributed by atoms with Crippen LogP contribution in [0.4, 0.5) is 5.69 Å². The summed E-state index contributed by atoms with van der Waals surface area (Å²) in [7, 11) is 1.51. The normalized spacial score (nSPS) is 18.3. The Balaban J connectivity index is 1.83. The first-order valence-corrected chi connectivity index (χ1v) is 11.0. The summed E-state index contributed by atoms with van der Waals surface area (Å²) >= 11 is 0. The molecule has 34 heavy (non-hydrogen) atoms. The Morgan fingerprint density at radius 2 is 1.65 bits per heavy atom. The van der Waals surface area contributed by atoms with E-state index in [4.69, 9.17) is 4.74 Å². The maximum atomic E-state index is 13.4. The van der Waals surface area contributed by atoms with Gasteiger partial charge in [-0.2, -0.15) is 4.73 Å². The van der Waals surface area contributed by atoms with Crippen LogP contribution in [0.5, 0.6) is 5.75 Å². The predicted octanol–water partition coefficient (Wildman–Crippen LogP) is 3.88. The van der Waals surface area contributed by atoms with E-state index in [1.807, 2.05) is 6.07 Å². The molecule has 4 rings (SSSR count). The van der Waals surface area contributed by atoms with Gasteiger partial charge in [0.15, 0.2) is 18.2 Å². The molecule has 2 aromatic carbocycles. The van der Waals surface area contributed by atoms with Crippen LogP contribution in [0.25, 0.3) is 11.1 Å². The lowest BCUT2D eigenvalue weighted by molar-refractivity contribution is -0.604. The monoisotopic (exact) mass is 458 g/mol. The number of carbonyl (C=O) groups is 3. The summed E-state index contributed by atoms with van der Waals surface area (Å²) in [6, 6.07) is 16.7. The van der Waals surface area contributed by atoms with Gasteiger partial charge in [0.1, 0.15) is 11.7 Å². The van der Waals surface area contributed by atoms with Crippen LogP contribution in [0.15, 0.2) is 73.1 Å². The van der Waals surface area contributed by atoms with E-state index < -0.39 is 29.1 Å². The number of methoxy groups -OCH3 is 1. The van der Waals surface area contributed by atoms with Gasteiger partial charge in [0.2, 0.25) is 5.78 Å². The number of nitrogens with zero attached hydrogens (tertiary/aromatic N) is 2. The zero-order valence-corrected chi connectivity index (χ0v) is 19.5. The Bertz CT molecular complexity index is 1260. The van der Waals surface area contributed by atoms with Gasteiger partial charge in [-0.05, 0) is 29.8 Å². The smallest absolute Gasteiger partial charge is 0.295 e. The third-order valence-corrected chi connectivity index (χ3v) is 6.04. The molecule has 0 aliphatic carbocycles. The second kappa shape index (κ2) is 8.74. The first-order valence-electron chi connectivity index (χ1n) is 11.0. The highest BCUT2D eigenvalue weighted by atomic mass is 16.5. The molecule has 1 aliphatic heterocycles. The number of para-hydroxylation sites is 1. The van der Waals surface area contributed by atoms with Crippen LogP contribution in [0.2, 0.25) is 0 Å². The number of benzene rings is 2. The van der Waals surface area contributed by atoms with Crippen molar-refractivity contribution in [1.29, 1.82) is 0 Å². The zero-order chi connectivity index (χ0) is 24.6. The van der Waals surface area contributed by atoms with Crippen LogP contribution in [0.1, 0.15) is 32.4 Å². The van der Waals surface area contributed by atoms with Gasteiger partial charge < -0.3 is 9.94 Å². The highest BCUT2D eigenvalue weighted by molar-refractivity contribution is 6.48. The van der Waals surface area contributed by atoms with Crippen molar-refractivity contribution >= 4 is 23.2 Å². The van der Waals surface area contributed by atoms with Crippen LogP contribution in [0, 0.1) is 16.5 Å². The Labute approximate surface area is 198 Å². The summed E-state index contributed by atoms with van der Waals surface area (Å²) in [5.74, 6) is -2.42. The second-order valence-electron chi connectivity index (χ2n) is 9.32. The zero-order valence-electron chi connectivity index (χ0n) is 19.5. The number of hydrogen-bond donors (Lipinski definition) is 0. The Morgan fingerprint density at radius 1 is 0.971 bits per heavy atom. The first-order chi connectivity index (χ1) is 16.1. The summed E-state index contributed by atoms with van der Waals surface area (Å²) in [5, 5.41) is 11.6. The van der Waals surface area contributed by atoms with Crippen molar-refractivity contribution in [1.82, 2.24) is 0 Å². The molecule has 7 nitrogen and oxygen atoms in total. The van der Waals surface area contributed by atoms with Crippen LogP contribution in [-0.4, -0.2) is 24.6 Å². The molecule has 2 atom stereocenters. The number of pyridine rings is 1. The van der Waals surface area contributed by atoms with Crippen LogP contribution < -0.4 is 14.4 Å². The van der Waals surface area contributed by atoms with Crippen molar-refractivity contribution in [3.8, 4) is 16.9 Å². The molecular formula is C27H26N2O5. The lowest BCUT2D eigenvalue weighted by atomic mass is 9.77. The fourth-order valence-corrected chi connectivity index (χ4v) is 4.35. The largest absolute Gasteiger partial charge is 0.619 e. The Morgan fingerprint density at radius 3 is 2.26 bits per heavy atom. The van der Waals surface area contributed by atoms with Crippen LogP contribution in [-0.2, 0) is 14.4 Å². The molecule has 0 radical (unpaired) electrons. The number of hydrogen-bond acceptors (Lipinski definition) is 5. The van der Waals surface area contributed by atoms with E-state index in [1.54, 1.807) is 75.4 Å². The third kappa shape index (κ3) is 4.05. The molecule has 1 aliphatic rings. The van der Waals surface area contributed by atoms with E-state index in [1.165, 1.54) is 24.4 Å². The van der Waals surface area contributed by atoms with E-state index in [0.29, 0.717) is 21.7 Å². The third-order valence-electron chi connectivity index (χ3n) is 6.04. The summed E-state index contributed by atoms with van der Waals surface area (Å²) < 4.78 is 6.24. The lowest BCUT2D eigenvalue weighted by Gasteiger charge is -2.30. The minimum absolute atomic E-state index is 0.301. The maximum Gasteiger partial charge on any atom is 0.295 e. The van der Waals surface area contributed by atoms with Gasteiger partial charge in [-0.15, -0.1) is 0 Å². The molecule has 0 N–H and O–H groups in total. The highest BCUT2D eigenvalue weighted by Crippen LogP contribution is 2.45. The summed E-state index contributed by atoms with van der Waals surface area (Å²) in [4.78, 5) is 41.2. The summed E-state index contributed by atoms with van der Waals surface area (Å²) in [5.41, 5.74) is 1.75. The lowest BCUT2D eigenvalue weighted by Crippen LogP contribution is -2.36. The molecule has 0 bridgehead atoms. The minimum Gasteiger partial charge on any atom is -0.619 e. The molecule has 7 heteroatoms. The Kier molecular flexibility index (Phi) is 5.96. The topological polar surface area (TPSA) is 90.6 Å². The van der Waals surface area contributed by atoms with Crippen LogP contribution >= 0.6 is 0 Å².